The second-order valence-electron chi connectivity index (χ2n) is 7.58. The number of benzene rings is 2. The molecular formula is C23H28N2O2. The minimum absolute atomic E-state index is 0.0515. The fourth-order valence-corrected chi connectivity index (χ4v) is 3.74. The molecule has 142 valence electrons. The van der Waals surface area contributed by atoms with Crippen LogP contribution in [-0.4, -0.2) is 36.3 Å². The van der Waals surface area contributed by atoms with Crippen LogP contribution in [0, 0.1) is 5.41 Å². The van der Waals surface area contributed by atoms with Crippen molar-refractivity contribution in [1.82, 2.24) is 10.2 Å². The monoisotopic (exact) mass is 364 g/mol. The van der Waals surface area contributed by atoms with Gasteiger partial charge >= 0.3 is 0 Å². The first kappa shape index (κ1) is 19.2. The zero-order valence-corrected chi connectivity index (χ0v) is 16.2. The van der Waals surface area contributed by atoms with Crippen LogP contribution in [0.5, 0.6) is 0 Å². The van der Waals surface area contributed by atoms with Crippen LogP contribution in [0.1, 0.15) is 43.7 Å². The molecule has 1 aliphatic heterocycles. The van der Waals surface area contributed by atoms with Crippen molar-refractivity contribution in [2.75, 3.05) is 19.6 Å². The van der Waals surface area contributed by atoms with Crippen LogP contribution >= 0.6 is 0 Å². The van der Waals surface area contributed by atoms with Crippen LogP contribution < -0.4 is 5.32 Å². The van der Waals surface area contributed by atoms with Gasteiger partial charge in [-0.15, -0.1) is 0 Å². The molecule has 1 fully saturated rings. The summed E-state index contributed by atoms with van der Waals surface area (Å²) in [6, 6.07) is 19.8. The van der Waals surface area contributed by atoms with Gasteiger partial charge in [-0.1, -0.05) is 67.6 Å². The van der Waals surface area contributed by atoms with E-state index in [1.807, 2.05) is 79.4 Å². The van der Waals surface area contributed by atoms with Crippen molar-refractivity contribution < 1.29 is 9.59 Å². The molecule has 0 radical (unpaired) electrons. The van der Waals surface area contributed by atoms with Crippen LogP contribution in [0.3, 0.4) is 0 Å². The molecular weight excluding hydrogens is 336 g/mol. The smallest absolute Gasteiger partial charge is 0.234 e. The van der Waals surface area contributed by atoms with Gasteiger partial charge in [-0.2, -0.15) is 0 Å². The third-order valence-electron chi connectivity index (χ3n) is 5.38. The van der Waals surface area contributed by atoms with Crippen LogP contribution in [0.2, 0.25) is 0 Å². The number of amides is 2. The van der Waals surface area contributed by atoms with E-state index in [4.69, 9.17) is 0 Å². The molecule has 1 unspecified atom stereocenters. The van der Waals surface area contributed by atoms with E-state index in [0.717, 1.165) is 17.5 Å². The molecule has 4 heteroatoms. The number of hydrogen-bond acceptors (Lipinski definition) is 2. The SMILES string of the molecule is CCCNC(=O)C1(C)CCN(C(=O)C(c2ccccc2)c2ccccc2)C1. The summed E-state index contributed by atoms with van der Waals surface area (Å²) >= 11 is 0. The van der Waals surface area contributed by atoms with Crippen molar-refractivity contribution in [3.05, 3.63) is 71.8 Å². The summed E-state index contributed by atoms with van der Waals surface area (Å²) < 4.78 is 0. The predicted octanol–water partition coefficient (Wildman–Crippen LogP) is 3.58. The van der Waals surface area contributed by atoms with E-state index >= 15 is 0 Å². The number of carbonyl (C=O) groups is 2. The number of likely N-dealkylation sites (tertiary alicyclic amines) is 1. The van der Waals surface area contributed by atoms with Crippen molar-refractivity contribution in [3.8, 4) is 0 Å². The third kappa shape index (κ3) is 4.21. The normalized spacial score (nSPS) is 19.3. The fraction of sp³-hybridized carbons (Fsp3) is 0.391. The lowest BCUT2D eigenvalue weighted by Crippen LogP contribution is -2.43. The zero-order chi connectivity index (χ0) is 19.3. The summed E-state index contributed by atoms with van der Waals surface area (Å²) in [5, 5.41) is 2.99. The fourth-order valence-electron chi connectivity index (χ4n) is 3.74. The Bertz CT molecular complexity index is 736. The first-order chi connectivity index (χ1) is 13.0. The Morgan fingerprint density at radius 1 is 1.04 bits per heavy atom. The quantitative estimate of drug-likeness (QED) is 0.852. The lowest BCUT2D eigenvalue weighted by atomic mass is 9.88. The van der Waals surface area contributed by atoms with Crippen molar-refractivity contribution in [2.45, 2.75) is 32.6 Å². The number of carbonyl (C=O) groups excluding carboxylic acids is 2. The molecule has 4 nitrogen and oxygen atoms in total. The highest BCUT2D eigenvalue weighted by atomic mass is 16.2. The molecule has 1 heterocycles. The number of rotatable bonds is 6. The molecule has 2 aromatic rings. The number of nitrogens with one attached hydrogen (secondary N) is 1. The molecule has 1 saturated heterocycles. The molecule has 1 atom stereocenters. The van der Waals surface area contributed by atoms with Gasteiger partial charge in [-0.25, -0.2) is 0 Å². The van der Waals surface area contributed by atoms with Gasteiger partial charge in [0.05, 0.1) is 11.3 Å². The summed E-state index contributed by atoms with van der Waals surface area (Å²) in [6.45, 7) is 5.77. The summed E-state index contributed by atoms with van der Waals surface area (Å²) in [6.07, 6.45) is 1.61. The van der Waals surface area contributed by atoms with E-state index in [1.165, 1.54) is 0 Å². The van der Waals surface area contributed by atoms with E-state index in [1.54, 1.807) is 0 Å². The van der Waals surface area contributed by atoms with Gasteiger partial charge in [0, 0.05) is 19.6 Å². The van der Waals surface area contributed by atoms with Gasteiger partial charge in [-0.05, 0) is 30.9 Å². The van der Waals surface area contributed by atoms with Crippen LogP contribution in [0.15, 0.2) is 60.7 Å². The summed E-state index contributed by atoms with van der Waals surface area (Å²) in [5.41, 5.74) is 1.46. The lowest BCUT2D eigenvalue weighted by molar-refractivity contribution is -0.133. The first-order valence-electron chi connectivity index (χ1n) is 9.72. The highest BCUT2D eigenvalue weighted by Crippen LogP contribution is 2.34. The lowest BCUT2D eigenvalue weighted by Gasteiger charge is -2.27. The molecule has 27 heavy (non-hydrogen) atoms. The largest absolute Gasteiger partial charge is 0.356 e. The molecule has 2 aromatic carbocycles. The van der Waals surface area contributed by atoms with Gasteiger partial charge in [0.25, 0.3) is 0 Å². The van der Waals surface area contributed by atoms with Gasteiger partial charge in [0.1, 0.15) is 0 Å². The van der Waals surface area contributed by atoms with Crippen molar-refractivity contribution >= 4 is 11.8 Å². The van der Waals surface area contributed by atoms with Gasteiger partial charge in [-0.3, -0.25) is 9.59 Å². The molecule has 3 rings (SSSR count). The second kappa shape index (κ2) is 8.38. The maximum Gasteiger partial charge on any atom is 0.234 e. The molecule has 2 amide bonds. The van der Waals surface area contributed by atoms with Crippen LogP contribution in [-0.2, 0) is 9.59 Å². The number of hydrogen-bond donors (Lipinski definition) is 1. The van der Waals surface area contributed by atoms with Crippen molar-refractivity contribution in [3.63, 3.8) is 0 Å². The third-order valence-corrected chi connectivity index (χ3v) is 5.38. The Balaban J connectivity index is 1.83. The Hall–Kier alpha value is -2.62. The van der Waals surface area contributed by atoms with Gasteiger partial charge < -0.3 is 10.2 Å². The molecule has 0 bridgehead atoms. The Labute approximate surface area is 161 Å². The van der Waals surface area contributed by atoms with Gasteiger partial charge in [0.15, 0.2) is 0 Å². The summed E-state index contributed by atoms with van der Waals surface area (Å²) in [5.74, 6) is -0.219. The highest BCUT2D eigenvalue weighted by molar-refractivity contribution is 5.89. The minimum Gasteiger partial charge on any atom is -0.356 e. The highest BCUT2D eigenvalue weighted by Gasteiger charge is 2.43. The number of nitrogens with zero attached hydrogens (tertiary/aromatic N) is 1. The molecule has 0 spiro atoms. The average molecular weight is 364 g/mol. The molecule has 1 N–H and O–H groups in total. The summed E-state index contributed by atoms with van der Waals surface area (Å²) in [4.78, 5) is 27.9. The Morgan fingerprint density at radius 2 is 1.59 bits per heavy atom. The molecule has 0 saturated carbocycles. The average Bonchev–Trinajstić information content (AvgIpc) is 3.11. The Kier molecular flexibility index (Phi) is 5.94. The molecule has 0 aromatic heterocycles. The van der Waals surface area contributed by atoms with E-state index in [2.05, 4.69) is 5.32 Å². The zero-order valence-electron chi connectivity index (χ0n) is 16.2. The topological polar surface area (TPSA) is 49.4 Å². The van der Waals surface area contributed by atoms with E-state index in [-0.39, 0.29) is 17.7 Å². The van der Waals surface area contributed by atoms with E-state index in [0.29, 0.717) is 26.1 Å². The standard InChI is InChI=1S/C23H28N2O2/c1-3-15-24-22(27)23(2)14-16-25(17-23)21(26)20(18-10-6-4-7-11-18)19-12-8-5-9-13-19/h4-13,20H,3,14-17H2,1-2H3,(H,24,27). The second-order valence-corrected chi connectivity index (χ2v) is 7.58. The summed E-state index contributed by atoms with van der Waals surface area (Å²) in [7, 11) is 0. The maximum absolute atomic E-state index is 13.5. The van der Waals surface area contributed by atoms with Crippen LogP contribution in [0.4, 0.5) is 0 Å². The Morgan fingerprint density at radius 3 is 2.11 bits per heavy atom. The van der Waals surface area contributed by atoms with E-state index < -0.39 is 5.41 Å². The van der Waals surface area contributed by atoms with E-state index in [9.17, 15) is 9.59 Å². The van der Waals surface area contributed by atoms with Crippen LogP contribution in [0.25, 0.3) is 0 Å². The van der Waals surface area contributed by atoms with Crippen molar-refractivity contribution in [1.29, 1.82) is 0 Å². The predicted molar refractivity (Wildman–Crippen MR) is 107 cm³/mol. The first-order valence-corrected chi connectivity index (χ1v) is 9.72. The van der Waals surface area contributed by atoms with Gasteiger partial charge in [0.2, 0.25) is 11.8 Å². The molecule has 1 aliphatic rings. The minimum atomic E-state index is -0.511. The molecule has 0 aliphatic carbocycles. The maximum atomic E-state index is 13.5. The van der Waals surface area contributed by atoms with Crippen molar-refractivity contribution in [2.24, 2.45) is 5.41 Å².